The van der Waals surface area contributed by atoms with Crippen LogP contribution in [0.5, 0.6) is 5.75 Å². The number of ether oxygens (including phenoxy) is 1. The molecule has 0 fully saturated rings. The number of benzene rings is 1. The van der Waals surface area contributed by atoms with Gasteiger partial charge < -0.3 is 4.74 Å². The number of hydrogen-bond donors (Lipinski definition) is 0. The maximum absolute atomic E-state index is 5.27. The fraction of sp³-hybridized carbons (Fsp3) is 0.571. The lowest BCUT2D eigenvalue weighted by Crippen LogP contribution is -2.01. The van der Waals surface area contributed by atoms with Gasteiger partial charge in [0.2, 0.25) is 0 Å². The van der Waals surface area contributed by atoms with Crippen LogP contribution in [-0.4, -0.2) is 7.11 Å². The molecule has 1 aromatic rings. The summed E-state index contributed by atoms with van der Waals surface area (Å²) >= 11 is 0. The van der Waals surface area contributed by atoms with Gasteiger partial charge >= 0.3 is 0 Å². The van der Waals surface area contributed by atoms with E-state index in [0.29, 0.717) is 11.8 Å². The quantitative estimate of drug-likeness (QED) is 0.723. The maximum atomic E-state index is 5.27. The van der Waals surface area contributed by atoms with Crippen LogP contribution in [-0.2, 0) is 6.42 Å². The Kier molecular flexibility index (Phi) is 4.19. The molecule has 0 saturated carbocycles. The van der Waals surface area contributed by atoms with Crippen molar-refractivity contribution in [3.05, 3.63) is 29.3 Å². The molecule has 0 atom stereocenters. The molecule has 84 valence electrons. The summed E-state index contributed by atoms with van der Waals surface area (Å²) < 4.78 is 5.27. The number of rotatable bonds is 4. The lowest BCUT2D eigenvalue weighted by atomic mass is 9.92. The van der Waals surface area contributed by atoms with E-state index in [1.54, 1.807) is 7.11 Å². The molecular formula is C14H22O. The Hall–Kier alpha value is -0.980. The van der Waals surface area contributed by atoms with Gasteiger partial charge in [-0.15, -0.1) is 0 Å². The summed E-state index contributed by atoms with van der Waals surface area (Å²) in [6.07, 6.45) is 1.13. The minimum atomic E-state index is 0.588. The molecule has 0 spiro atoms. The topological polar surface area (TPSA) is 9.23 Å². The van der Waals surface area contributed by atoms with Crippen LogP contribution in [0.1, 0.15) is 44.7 Å². The van der Waals surface area contributed by atoms with Gasteiger partial charge in [0.05, 0.1) is 7.11 Å². The fourth-order valence-electron chi connectivity index (χ4n) is 1.89. The van der Waals surface area contributed by atoms with Gasteiger partial charge in [0.15, 0.2) is 0 Å². The van der Waals surface area contributed by atoms with Crippen LogP contribution in [0.3, 0.4) is 0 Å². The van der Waals surface area contributed by atoms with E-state index in [0.717, 1.165) is 12.2 Å². The van der Waals surface area contributed by atoms with E-state index < -0.39 is 0 Å². The predicted molar refractivity (Wildman–Crippen MR) is 65.6 cm³/mol. The monoisotopic (exact) mass is 206 g/mol. The zero-order valence-corrected chi connectivity index (χ0v) is 10.5. The second kappa shape index (κ2) is 5.20. The Labute approximate surface area is 93.5 Å². The molecule has 0 aromatic heterocycles. The summed E-state index contributed by atoms with van der Waals surface area (Å²) in [7, 11) is 1.73. The first-order valence-corrected chi connectivity index (χ1v) is 5.71. The first-order valence-electron chi connectivity index (χ1n) is 5.71. The molecule has 0 amide bonds. The summed E-state index contributed by atoms with van der Waals surface area (Å²) in [5, 5.41) is 0. The van der Waals surface area contributed by atoms with E-state index in [9.17, 15) is 0 Å². The average molecular weight is 206 g/mol. The Balaban J connectivity index is 3.05. The lowest BCUT2D eigenvalue weighted by Gasteiger charge is -2.15. The third-order valence-electron chi connectivity index (χ3n) is 2.60. The van der Waals surface area contributed by atoms with Gasteiger partial charge in [-0.3, -0.25) is 0 Å². The summed E-state index contributed by atoms with van der Waals surface area (Å²) in [6.45, 7) is 8.99. The van der Waals surface area contributed by atoms with E-state index in [4.69, 9.17) is 4.74 Å². The Bertz CT molecular complexity index is 313. The highest BCUT2D eigenvalue weighted by Gasteiger charge is 2.09. The SMILES string of the molecule is COc1ccc(C(C)C)c(CC(C)C)c1. The van der Waals surface area contributed by atoms with Crippen LogP contribution in [0.25, 0.3) is 0 Å². The smallest absolute Gasteiger partial charge is 0.119 e. The van der Waals surface area contributed by atoms with E-state index >= 15 is 0 Å². The molecule has 1 aromatic carbocycles. The zero-order valence-electron chi connectivity index (χ0n) is 10.5. The highest BCUT2D eigenvalue weighted by atomic mass is 16.5. The maximum Gasteiger partial charge on any atom is 0.119 e. The molecule has 1 rings (SSSR count). The van der Waals surface area contributed by atoms with Gasteiger partial charge in [0.1, 0.15) is 5.75 Å². The van der Waals surface area contributed by atoms with Gasteiger partial charge in [-0.1, -0.05) is 33.8 Å². The van der Waals surface area contributed by atoms with E-state index in [-0.39, 0.29) is 0 Å². The van der Waals surface area contributed by atoms with Crippen molar-refractivity contribution in [3.63, 3.8) is 0 Å². The predicted octanol–water partition coefficient (Wildman–Crippen LogP) is 4.02. The van der Waals surface area contributed by atoms with Crippen molar-refractivity contribution in [1.82, 2.24) is 0 Å². The standard InChI is InChI=1S/C14H22O/c1-10(2)8-12-9-13(15-5)6-7-14(12)11(3)4/h6-7,9-11H,8H2,1-5H3. The third kappa shape index (κ3) is 3.26. The molecule has 0 bridgehead atoms. The van der Waals surface area contributed by atoms with Crippen LogP contribution in [0.2, 0.25) is 0 Å². The zero-order chi connectivity index (χ0) is 11.4. The van der Waals surface area contributed by atoms with Gasteiger partial charge in [-0.25, -0.2) is 0 Å². The molecule has 0 radical (unpaired) electrons. The molecule has 0 N–H and O–H groups in total. The highest BCUT2D eigenvalue weighted by Crippen LogP contribution is 2.26. The summed E-state index contributed by atoms with van der Waals surface area (Å²) in [6, 6.07) is 6.43. The van der Waals surface area contributed by atoms with Crippen LogP contribution < -0.4 is 4.74 Å². The van der Waals surface area contributed by atoms with Crippen molar-refractivity contribution < 1.29 is 4.74 Å². The largest absolute Gasteiger partial charge is 0.497 e. The first kappa shape index (κ1) is 12.1. The van der Waals surface area contributed by atoms with Crippen LogP contribution in [0.4, 0.5) is 0 Å². The van der Waals surface area contributed by atoms with Crippen molar-refractivity contribution in [2.24, 2.45) is 5.92 Å². The number of methoxy groups -OCH3 is 1. The average Bonchev–Trinajstić information content (AvgIpc) is 2.16. The Morgan fingerprint density at radius 1 is 1.13 bits per heavy atom. The first-order chi connectivity index (χ1) is 7.04. The van der Waals surface area contributed by atoms with Gasteiger partial charge in [0.25, 0.3) is 0 Å². The van der Waals surface area contributed by atoms with Crippen molar-refractivity contribution in [2.45, 2.75) is 40.0 Å². The number of hydrogen-bond acceptors (Lipinski definition) is 1. The third-order valence-corrected chi connectivity index (χ3v) is 2.60. The normalized spacial score (nSPS) is 11.1. The minimum absolute atomic E-state index is 0.588. The van der Waals surface area contributed by atoms with Gasteiger partial charge in [0, 0.05) is 0 Å². The molecule has 0 aliphatic heterocycles. The molecule has 1 nitrogen and oxygen atoms in total. The molecule has 0 aliphatic rings. The van der Waals surface area contributed by atoms with Crippen molar-refractivity contribution in [1.29, 1.82) is 0 Å². The molecule has 1 heteroatoms. The second-order valence-electron chi connectivity index (χ2n) is 4.82. The minimum Gasteiger partial charge on any atom is -0.497 e. The summed E-state index contributed by atoms with van der Waals surface area (Å²) in [5.41, 5.74) is 2.88. The van der Waals surface area contributed by atoms with Crippen molar-refractivity contribution in [2.75, 3.05) is 7.11 Å². The molecule has 0 aliphatic carbocycles. The lowest BCUT2D eigenvalue weighted by molar-refractivity contribution is 0.413. The van der Waals surface area contributed by atoms with Gasteiger partial charge in [-0.2, -0.15) is 0 Å². The highest BCUT2D eigenvalue weighted by molar-refractivity contribution is 5.37. The van der Waals surface area contributed by atoms with E-state index in [1.807, 2.05) is 0 Å². The van der Waals surface area contributed by atoms with Crippen LogP contribution in [0, 0.1) is 5.92 Å². The molecular weight excluding hydrogens is 184 g/mol. The summed E-state index contributed by atoms with van der Waals surface area (Å²) in [5.74, 6) is 2.24. The molecule has 0 unspecified atom stereocenters. The van der Waals surface area contributed by atoms with Crippen LogP contribution in [0.15, 0.2) is 18.2 Å². The van der Waals surface area contributed by atoms with E-state index in [1.165, 1.54) is 11.1 Å². The molecule has 0 heterocycles. The molecule has 0 saturated heterocycles. The van der Waals surface area contributed by atoms with E-state index in [2.05, 4.69) is 45.9 Å². The fourth-order valence-corrected chi connectivity index (χ4v) is 1.89. The van der Waals surface area contributed by atoms with Crippen LogP contribution >= 0.6 is 0 Å². The van der Waals surface area contributed by atoms with Crippen molar-refractivity contribution in [3.8, 4) is 5.75 Å². The Morgan fingerprint density at radius 2 is 1.80 bits per heavy atom. The van der Waals surface area contributed by atoms with Gasteiger partial charge in [-0.05, 0) is 41.5 Å². The molecule has 15 heavy (non-hydrogen) atoms. The Morgan fingerprint density at radius 3 is 2.27 bits per heavy atom. The van der Waals surface area contributed by atoms with Crippen molar-refractivity contribution >= 4 is 0 Å². The summed E-state index contributed by atoms with van der Waals surface area (Å²) in [4.78, 5) is 0. The second-order valence-corrected chi connectivity index (χ2v) is 4.82.